The SMILES string of the molecule is CC1(C)c2cc(O)c(-c3nn[nH]n3)cc2CCc2c1[nH]c1cc(C#N)ccc21. The highest BCUT2D eigenvalue weighted by molar-refractivity contribution is 5.87. The number of nitrogens with zero attached hydrogens (tertiary/aromatic N) is 4. The lowest BCUT2D eigenvalue weighted by atomic mass is 9.78. The maximum atomic E-state index is 10.7. The molecule has 0 spiro atoms. The van der Waals surface area contributed by atoms with Gasteiger partial charge >= 0.3 is 0 Å². The van der Waals surface area contributed by atoms with Crippen LogP contribution in [0, 0.1) is 11.3 Å². The Bertz CT molecular complexity index is 1260. The first-order valence-electron chi connectivity index (χ1n) is 9.14. The Labute approximate surface area is 161 Å². The molecular weight excluding hydrogens is 352 g/mol. The molecule has 0 atom stereocenters. The van der Waals surface area contributed by atoms with E-state index >= 15 is 0 Å². The molecule has 0 fully saturated rings. The zero-order chi connectivity index (χ0) is 19.5. The Hall–Kier alpha value is -3.66. The first-order chi connectivity index (χ1) is 13.5. The van der Waals surface area contributed by atoms with Gasteiger partial charge in [0.15, 0.2) is 0 Å². The summed E-state index contributed by atoms with van der Waals surface area (Å²) in [5.74, 6) is 0.523. The predicted molar refractivity (Wildman–Crippen MR) is 104 cm³/mol. The number of phenolic OH excluding ortho intramolecular Hbond substituents is 1. The van der Waals surface area contributed by atoms with Crippen molar-refractivity contribution in [1.29, 1.82) is 5.26 Å². The fourth-order valence-electron chi connectivity index (χ4n) is 4.39. The smallest absolute Gasteiger partial charge is 0.208 e. The summed E-state index contributed by atoms with van der Waals surface area (Å²) in [6, 6.07) is 11.8. The lowest BCUT2D eigenvalue weighted by molar-refractivity contribution is 0.473. The molecule has 0 unspecified atom stereocenters. The lowest BCUT2D eigenvalue weighted by Crippen LogP contribution is -2.21. The number of aryl methyl sites for hydroxylation is 2. The summed E-state index contributed by atoms with van der Waals surface area (Å²) in [4.78, 5) is 3.55. The Morgan fingerprint density at radius 3 is 2.79 bits per heavy atom. The second-order valence-corrected chi connectivity index (χ2v) is 7.74. The van der Waals surface area contributed by atoms with E-state index in [1.54, 1.807) is 0 Å². The zero-order valence-electron chi connectivity index (χ0n) is 15.5. The number of aromatic amines is 2. The minimum Gasteiger partial charge on any atom is -0.507 e. The van der Waals surface area contributed by atoms with Gasteiger partial charge in [-0.2, -0.15) is 10.5 Å². The summed E-state index contributed by atoms with van der Waals surface area (Å²) in [5.41, 5.74) is 6.50. The van der Waals surface area contributed by atoms with Crippen molar-refractivity contribution in [3.05, 3.63) is 58.3 Å². The van der Waals surface area contributed by atoms with Crippen molar-refractivity contribution in [1.82, 2.24) is 25.6 Å². The van der Waals surface area contributed by atoms with E-state index in [2.05, 4.69) is 45.5 Å². The van der Waals surface area contributed by atoms with E-state index in [1.165, 1.54) is 5.56 Å². The van der Waals surface area contributed by atoms with E-state index in [0.29, 0.717) is 17.0 Å². The molecular formula is C21H18N6O. The molecule has 7 nitrogen and oxygen atoms in total. The van der Waals surface area contributed by atoms with E-state index < -0.39 is 0 Å². The fraction of sp³-hybridized carbons (Fsp3) is 0.238. The number of phenols is 1. The van der Waals surface area contributed by atoms with Gasteiger partial charge in [-0.1, -0.05) is 19.9 Å². The average molecular weight is 370 g/mol. The molecule has 0 saturated heterocycles. The van der Waals surface area contributed by atoms with Gasteiger partial charge in [0, 0.05) is 22.0 Å². The van der Waals surface area contributed by atoms with Crippen molar-refractivity contribution < 1.29 is 5.11 Å². The van der Waals surface area contributed by atoms with Crippen molar-refractivity contribution in [3.63, 3.8) is 0 Å². The van der Waals surface area contributed by atoms with Crippen molar-refractivity contribution >= 4 is 10.9 Å². The van der Waals surface area contributed by atoms with Crippen LogP contribution in [0.5, 0.6) is 5.75 Å². The normalized spacial score (nSPS) is 14.9. The number of nitriles is 1. The highest BCUT2D eigenvalue weighted by Gasteiger charge is 2.34. The van der Waals surface area contributed by atoms with Crippen LogP contribution in [0.15, 0.2) is 30.3 Å². The van der Waals surface area contributed by atoms with Crippen LogP contribution in [0.1, 0.15) is 41.8 Å². The summed E-state index contributed by atoms with van der Waals surface area (Å²) in [7, 11) is 0. The Morgan fingerprint density at radius 1 is 1.18 bits per heavy atom. The highest BCUT2D eigenvalue weighted by Crippen LogP contribution is 2.44. The van der Waals surface area contributed by atoms with E-state index in [1.807, 2.05) is 30.3 Å². The molecule has 0 bridgehead atoms. The third-order valence-electron chi connectivity index (χ3n) is 5.79. The van der Waals surface area contributed by atoms with Gasteiger partial charge in [0.1, 0.15) is 5.75 Å². The minimum atomic E-state index is -0.333. The quantitative estimate of drug-likeness (QED) is 0.475. The van der Waals surface area contributed by atoms with Gasteiger partial charge < -0.3 is 10.1 Å². The molecule has 5 rings (SSSR count). The van der Waals surface area contributed by atoms with Crippen LogP contribution in [-0.2, 0) is 18.3 Å². The Kier molecular flexibility index (Phi) is 3.34. The van der Waals surface area contributed by atoms with Crippen molar-refractivity contribution in [3.8, 4) is 23.2 Å². The third-order valence-corrected chi connectivity index (χ3v) is 5.79. The van der Waals surface area contributed by atoms with Gasteiger partial charge in [-0.25, -0.2) is 0 Å². The van der Waals surface area contributed by atoms with E-state index in [-0.39, 0.29) is 11.2 Å². The van der Waals surface area contributed by atoms with E-state index in [0.717, 1.165) is 40.6 Å². The number of H-pyrrole nitrogens is 2. The molecule has 0 aliphatic heterocycles. The molecule has 138 valence electrons. The Morgan fingerprint density at radius 2 is 2.04 bits per heavy atom. The number of hydrogen-bond acceptors (Lipinski definition) is 5. The van der Waals surface area contributed by atoms with Crippen LogP contribution in [-0.4, -0.2) is 30.7 Å². The van der Waals surface area contributed by atoms with Crippen LogP contribution < -0.4 is 0 Å². The molecule has 2 aromatic carbocycles. The van der Waals surface area contributed by atoms with Crippen LogP contribution >= 0.6 is 0 Å². The number of aromatic hydroxyl groups is 1. The first-order valence-corrected chi connectivity index (χ1v) is 9.14. The first kappa shape index (κ1) is 16.5. The molecule has 4 aromatic rings. The molecule has 0 radical (unpaired) electrons. The number of aromatic nitrogens is 5. The molecule has 1 aliphatic rings. The number of fused-ring (bicyclic) bond motifs is 4. The van der Waals surface area contributed by atoms with Gasteiger partial charge in [0.25, 0.3) is 0 Å². The number of benzene rings is 2. The van der Waals surface area contributed by atoms with E-state index in [4.69, 9.17) is 0 Å². The topological polar surface area (TPSA) is 114 Å². The largest absolute Gasteiger partial charge is 0.507 e. The molecule has 28 heavy (non-hydrogen) atoms. The molecule has 7 heteroatoms. The maximum Gasteiger partial charge on any atom is 0.208 e. The van der Waals surface area contributed by atoms with Gasteiger partial charge in [0.05, 0.1) is 17.2 Å². The summed E-state index contributed by atoms with van der Waals surface area (Å²) in [6.45, 7) is 4.31. The van der Waals surface area contributed by atoms with Gasteiger partial charge in [0.2, 0.25) is 5.82 Å². The van der Waals surface area contributed by atoms with Crippen molar-refractivity contribution in [2.45, 2.75) is 32.1 Å². The molecule has 0 amide bonds. The van der Waals surface area contributed by atoms with Crippen LogP contribution in [0.3, 0.4) is 0 Å². The third kappa shape index (κ3) is 2.24. The van der Waals surface area contributed by atoms with Crippen molar-refractivity contribution in [2.24, 2.45) is 0 Å². The monoisotopic (exact) mass is 370 g/mol. The maximum absolute atomic E-state index is 10.7. The number of hydrogen-bond donors (Lipinski definition) is 3. The minimum absolute atomic E-state index is 0.138. The second-order valence-electron chi connectivity index (χ2n) is 7.74. The molecule has 3 N–H and O–H groups in total. The summed E-state index contributed by atoms with van der Waals surface area (Å²) >= 11 is 0. The van der Waals surface area contributed by atoms with Gasteiger partial charge in [-0.05, 0) is 59.0 Å². The van der Waals surface area contributed by atoms with Gasteiger partial charge in [-0.3, -0.25) is 0 Å². The summed E-state index contributed by atoms with van der Waals surface area (Å²) in [5, 5.41) is 35.0. The number of rotatable bonds is 1. The molecule has 1 aliphatic carbocycles. The molecule has 2 aromatic heterocycles. The molecule has 2 heterocycles. The lowest BCUT2D eigenvalue weighted by Gasteiger charge is -2.27. The fourth-order valence-corrected chi connectivity index (χ4v) is 4.39. The summed E-state index contributed by atoms with van der Waals surface area (Å²) < 4.78 is 0. The van der Waals surface area contributed by atoms with Crippen LogP contribution in [0.4, 0.5) is 0 Å². The Balaban J connectivity index is 1.72. The number of nitrogens with one attached hydrogen (secondary N) is 2. The summed E-state index contributed by atoms with van der Waals surface area (Å²) in [6.07, 6.45) is 1.71. The zero-order valence-corrected chi connectivity index (χ0v) is 15.5. The van der Waals surface area contributed by atoms with Gasteiger partial charge in [-0.15, -0.1) is 10.2 Å². The van der Waals surface area contributed by atoms with E-state index in [9.17, 15) is 10.4 Å². The van der Waals surface area contributed by atoms with Crippen LogP contribution in [0.2, 0.25) is 0 Å². The van der Waals surface area contributed by atoms with Crippen molar-refractivity contribution in [2.75, 3.05) is 0 Å². The molecule has 0 saturated carbocycles. The standard InChI is InChI=1S/C21H18N6O/c1-21(2)16-9-18(28)15(20-24-26-27-25-20)8-12(16)4-6-14-13-5-3-11(10-22)7-17(13)23-19(14)21/h3,5,7-9,23,28H,4,6H2,1-2H3,(H,24,25,26,27). The second kappa shape index (κ2) is 5.67. The number of tetrazole rings is 1. The van der Waals surface area contributed by atoms with Crippen LogP contribution in [0.25, 0.3) is 22.3 Å². The predicted octanol–water partition coefficient (Wildman–Crippen LogP) is 3.35. The highest BCUT2D eigenvalue weighted by atomic mass is 16.3. The average Bonchev–Trinajstić information content (AvgIpc) is 3.32.